The Morgan fingerprint density at radius 3 is 2.21 bits per heavy atom. The van der Waals surface area contributed by atoms with Gasteiger partial charge in [0, 0.05) is 40.8 Å². The van der Waals surface area contributed by atoms with E-state index in [1.807, 2.05) is 104 Å². The maximum absolute atomic E-state index is 14.2. The predicted octanol–water partition coefficient (Wildman–Crippen LogP) is 9.84. The van der Waals surface area contributed by atoms with Crippen LogP contribution in [-0.4, -0.2) is 31.8 Å². The summed E-state index contributed by atoms with van der Waals surface area (Å²) in [6, 6.07) is 46.0. The van der Waals surface area contributed by atoms with Gasteiger partial charge in [0.25, 0.3) is 11.8 Å². The molecule has 0 saturated heterocycles. The van der Waals surface area contributed by atoms with E-state index >= 15 is 0 Å². The summed E-state index contributed by atoms with van der Waals surface area (Å²) in [5, 5.41) is 19.1. The van der Waals surface area contributed by atoms with Crippen molar-refractivity contribution < 1.29 is 14.4 Å². The topological polar surface area (TPSA) is 114 Å². The number of nitriles is 1. The molecule has 5 aromatic carbocycles. The number of anilines is 3. The van der Waals surface area contributed by atoms with E-state index in [9.17, 15) is 19.6 Å². The van der Waals surface area contributed by atoms with Crippen LogP contribution in [0, 0.1) is 11.3 Å². The first-order valence-corrected chi connectivity index (χ1v) is 20.3. The van der Waals surface area contributed by atoms with Crippen molar-refractivity contribution in [3.63, 3.8) is 0 Å². The normalized spacial score (nSPS) is 14.1. The van der Waals surface area contributed by atoms with Crippen LogP contribution in [0.2, 0.25) is 0 Å². The van der Waals surface area contributed by atoms with E-state index in [-0.39, 0.29) is 11.6 Å². The molecule has 7 rings (SSSR count). The second-order valence-corrected chi connectivity index (χ2v) is 16.2. The SMILES string of the molecule is CN(C)c1ccc(/C=C(/NC(=O)c2ccccc2)C(=O)Nc2cccc(SC(C(=O)Nc3sc4c(c3C#N)CCC(c3ccccc3)C4)c3ccccc3)c2)cc1. The molecule has 3 amide bonds. The minimum atomic E-state index is -0.661. The number of amides is 3. The molecule has 0 radical (unpaired) electrons. The third kappa shape index (κ3) is 9.52. The van der Waals surface area contributed by atoms with Crippen LogP contribution in [0.1, 0.15) is 60.6 Å². The van der Waals surface area contributed by atoms with E-state index in [1.54, 1.807) is 36.4 Å². The third-order valence-corrected chi connectivity index (χ3v) is 12.2. The van der Waals surface area contributed by atoms with Crippen LogP contribution in [0.4, 0.5) is 16.4 Å². The Morgan fingerprint density at radius 2 is 1.53 bits per heavy atom. The number of nitrogens with one attached hydrogen (secondary N) is 3. The Kier molecular flexibility index (Phi) is 12.3. The van der Waals surface area contributed by atoms with E-state index in [1.165, 1.54) is 28.7 Å². The van der Waals surface area contributed by atoms with Gasteiger partial charge in [0.1, 0.15) is 22.0 Å². The lowest BCUT2D eigenvalue weighted by molar-refractivity contribution is -0.116. The summed E-state index contributed by atoms with van der Waals surface area (Å²) in [7, 11) is 3.90. The Labute approximate surface area is 341 Å². The minimum absolute atomic E-state index is 0.0723. The van der Waals surface area contributed by atoms with Crippen molar-refractivity contribution in [2.75, 3.05) is 29.6 Å². The average Bonchev–Trinajstić information content (AvgIpc) is 3.59. The number of hydrogen-bond donors (Lipinski definition) is 3. The molecule has 0 spiro atoms. The first kappa shape index (κ1) is 38.8. The largest absolute Gasteiger partial charge is 0.378 e. The van der Waals surface area contributed by atoms with Crippen molar-refractivity contribution in [1.29, 1.82) is 5.26 Å². The van der Waals surface area contributed by atoms with E-state index in [4.69, 9.17) is 0 Å². The van der Waals surface area contributed by atoms with Crippen molar-refractivity contribution in [3.05, 3.63) is 183 Å². The lowest BCUT2D eigenvalue weighted by atomic mass is 9.83. The van der Waals surface area contributed by atoms with Crippen LogP contribution in [-0.2, 0) is 22.4 Å². The Morgan fingerprint density at radius 1 is 0.842 bits per heavy atom. The highest BCUT2D eigenvalue weighted by molar-refractivity contribution is 8.00. The molecule has 6 aromatic rings. The summed E-state index contributed by atoms with van der Waals surface area (Å²) in [4.78, 5) is 45.2. The fourth-order valence-corrected chi connectivity index (χ4v) is 9.20. The third-order valence-electron chi connectivity index (χ3n) is 9.82. The predicted molar refractivity (Wildman–Crippen MR) is 232 cm³/mol. The van der Waals surface area contributed by atoms with Crippen molar-refractivity contribution in [1.82, 2.24) is 5.32 Å². The maximum atomic E-state index is 14.2. The zero-order valence-corrected chi connectivity index (χ0v) is 33.2. The number of carbonyl (C=O) groups excluding carboxylic acids is 3. The molecule has 2 atom stereocenters. The molecule has 1 aromatic heterocycles. The van der Waals surface area contributed by atoms with Gasteiger partial charge in [-0.2, -0.15) is 5.26 Å². The summed E-state index contributed by atoms with van der Waals surface area (Å²) < 4.78 is 0. The summed E-state index contributed by atoms with van der Waals surface area (Å²) in [6.07, 6.45) is 4.21. The molecular weight excluding hydrogens is 747 g/mol. The fraction of sp³-hybridized carbons (Fsp3) is 0.149. The molecule has 10 heteroatoms. The molecule has 57 heavy (non-hydrogen) atoms. The smallest absolute Gasteiger partial charge is 0.272 e. The number of nitrogens with zero attached hydrogens (tertiary/aromatic N) is 2. The van der Waals surface area contributed by atoms with E-state index in [0.29, 0.717) is 27.7 Å². The number of rotatable bonds is 12. The average molecular weight is 788 g/mol. The van der Waals surface area contributed by atoms with Gasteiger partial charge in [-0.25, -0.2) is 0 Å². The van der Waals surface area contributed by atoms with Crippen LogP contribution >= 0.6 is 23.1 Å². The molecule has 0 fully saturated rings. The molecule has 0 saturated carbocycles. The van der Waals surface area contributed by atoms with Gasteiger partial charge in [-0.1, -0.05) is 97.1 Å². The molecule has 284 valence electrons. The van der Waals surface area contributed by atoms with Gasteiger partial charge in [0.2, 0.25) is 5.91 Å². The fourth-order valence-electron chi connectivity index (χ4n) is 6.84. The number of fused-ring (bicyclic) bond motifs is 1. The van der Waals surface area contributed by atoms with Crippen molar-refractivity contribution in [2.24, 2.45) is 0 Å². The van der Waals surface area contributed by atoms with E-state index < -0.39 is 17.1 Å². The second-order valence-electron chi connectivity index (χ2n) is 13.9. The first-order valence-electron chi connectivity index (χ1n) is 18.6. The standard InChI is InChI=1S/C47H41N5O3S2/c1-52(2)37-24-21-31(22-25-37)27-41(50-44(53)34-17-10-5-11-18-34)45(54)49-36-19-12-20-38(29-36)56-43(33-15-8-4-9-16-33)46(55)51-47-40(30-48)39-26-23-35(28-42(39)57-47)32-13-6-3-7-14-32/h3-22,24-25,27,29,35,43H,23,26,28H2,1-2H3,(H,49,54)(H,50,53)(H,51,55)/b41-27+. The molecule has 1 aliphatic rings. The van der Waals surface area contributed by atoms with Crippen LogP contribution < -0.4 is 20.9 Å². The molecule has 3 N–H and O–H groups in total. The summed E-state index contributed by atoms with van der Waals surface area (Å²) in [5.41, 5.74) is 6.40. The summed E-state index contributed by atoms with van der Waals surface area (Å²) in [6.45, 7) is 0. The van der Waals surface area contributed by atoms with Gasteiger partial charge in [-0.15, -0.1) is 23.1 Å². The van der Waals surface area contributed by atoms with Crippen LogP contribution in [0.5, 0.6) is 0 Å². The molecule has 2 unspecified atom stereocenters. The monoisotopic (exact) mass is 787 g/mol. The van der Waals surface area contributed by atoms with Crippen molar-refractivity contribution >= 4 is 63.3 Å². The number of thiophene rings is 1. The van der Waals surface area contributed by atoms with Crippen molar-refractivity contribution in [2.45, 2.75) is 35.3 Å². The quantitative estimate of drug-likeness (QED) is 0.0841. The maximum Gasteiger partial charge on any atom is 0.272 e. The van der Waals surface area contributed by atoms with Gasteiger partial charge >= 0.3 is 0 Å². The number of thioether (sulfide) groups is 1. The van der Waals surface area contributed by atoms with E-state index in [2.05, 4.69) is 46.3 Å². The Bertz CT molecular complexity index is 2440. The summed E-state index contributed by atoms with van der Waals surface area (Å²) >= 11 is 2.85. The van der Waals surface area contributed by atoms with Crippen molar-refractivity contribution in [3.8, 4) is 6.07 Å². The van der Waals surface area contributed by atoms with Gasteiger partial charge in [-0.05, 0) is 96.0 Å². The zero-order valence-electron chi connectivity index (χ0n) is 31.6. The Balaban J connectivity index is 1.11. The highest BCUT2D eigenvalue weighted by Gasteiger charge is 2.29. The number of hydrogen-bond acceptors (Lipinski definition) is 7. The number of benzene rings is 5. The van der Waals surface area contributed by atoms with Gasteiger partial charge < -0.3 is 20.9 Å². The first-order chi connectivity index (χ1) is 27.7. The molecular formula is C47H41N5O3S2. The zero-order chi connectivity index (χ0) is 39.7. The second kappa shape index (κ2) is 18.0. The van der Waals surface area contributed by atoms with Crippen LogP contribution in [0.15, 0.2) is 150 Å². The lowest BCUT2D eigenvalue weighted by Gasteiger charge is -2.22. The molecule has 0 bridgehead atoms. The number of carbonyl (C=O) groups is 3. The van der Waals surface area contributed by atoms with Gasteiger partial charge in [0.15, 0.2) is 0 Å². The highest BCUT2D eigenvalue weighted by atomic mass is 32.2. The molecule has 1 heterocycles. The van der Waals surface area contributed by atoms with Gasteiger partial charge in [0.05, 0.1) is 5.56 Å². The van der Waals surface area contributed by atoms with E-state index in [0.717, 1.165) is 51.4 Å². The summed E-state index contributed by atoms with van der Waals surface area (Å²) in [5.74, 6) is -0.792. The van der Waals surface area contributed by atoms with Crippen LogP contribution in [0.25, 0.3) is 6.08 Å². The van der Waals surface area contributed by atoms with Crippen LogP contribution in [0.3, 0.4) is 0 Å². The Hall–Kier alpha value is -6.41. The molecule has 0 aliphatic heterocycles. The molecule has 8 nitrogen and oxygen atoms in total. The lowest BCUT2D eigenvalue weighted by Crippen LogP contribution is -2.30. The highest BCUT2D eigenvalue weighted by Crippen LogP contribution is 2.44. The molecule has 1 aliphatic carbocycles. The minimum Gasteiger partial charge on any atom is -0.378 e. The van der Waals surface area contributed by atoms with Gasteiger partial charge in [-0.3, -0.25) is 14.4 Å².